The number of rotatable bonds is 14. The van der Waals surface area contributed by atoms with Crippen molar-refractivity contribution in [1.82, 2.24) is 5.32 Å². The van der Waals surface area contributed by atoms with E-state index in [4.69, 9.17) is 4.74 Å². The zero-order valence-corrected chi connectivity index (χ0v) is 21.1. The number of benzene rings is 1. The van der Waals surface area contributed by atoms with Gasteiger partial charge in [-0.15, -0.1) is 0 Å². The van der Waals surface area contributed by atoms with Gasteiger partial charge in [0.2, 0.25) is 5.91 Å². The largest absolute Gasteiger partial charge is 0.462 e. The summed E-state index contributed by atoms with van der Waals surface area (Å²) < 4.78 is 5.71. The topological polar surface area (TPSA) is 75.6 Å². The Bertz CT molecular complexity index is 789. The van der Waals surface area contributed by atoms with Crippen molar-refractivity contribution in [2.75, 3.05) is 6.54 Å². The molecule has 2 N–H and O–H groups in total. The van der Waals surface area contributed by atoms with Crippen LogP contribution in [0.25, 0.3) is 0 Å². The van der Waals surface area contributed by atoms with Gasteiger partial charge in [-0.2, -0.15) is 0 Å². The van der Waals surface area contributed by atoms with E-state index >= 15 is 0 Å². The van der Waals surface area contributed by atoms with E-state index in [0.717, 1.165) is 32.1 Å². The minimum atomic E-state index is -0.496. The van der Waals surface area contributed by atoms with Gasteiger partial charge in [0.05, 0.1) is 6.10 Å². The third-order valence-electron chi connectivity index (χ3n) is 6.58. The Morgan fingerprint density at radius 1 is 1.21 bits per heavy atom. The quantitative estimate of drug-likeness (QED) is 0.218. The van der Waals surface area contributed by atoms with E-state index in [1.54, 1.807) is 6.92 Å². The summed E-state index contributed by atoms with van der Waals surface area (Å²) in [6, 6.07) is 10.5. The van der Waals surface area contributed by atoms with E-state index in [0.29, 0.717) is 31.7 Å². The van der Waals surface area contributed by atoms with Gasteiger partial charge < -0.3 is 15.2 Å². The molecule has 0 aromatic heterocycles. The van der Waals surface area contributed by atoms with E-state index in [1.807, 2.05) is 13.0 Å². The second kappa shape index (κ2) is 15.5. The fourth-order valence-corrected chi connectivity index (χ4v) is 4.55. The number of aliphatic hydroxyl groups excluding tert-OH is 1. The SMILES string of the molecule is CCNC(=O)CCCC=CCC1C(O)CC(OC(=O)CC)C1C=CC(C)CCc1ccccc1. The minimum absolute atomic E-state index is 0.00431. The maximum atomic E-state index is 12.0. The highest BCUT2D eigenvalue weighted by Crippen LogP contribution is 2.38. The molecule has 5 atom stereocenters. The van der Waals surface area contributed by atoms with Crippen molar-refractivity contribution in [2.24, 2.45) is 17.8 Å². The van der Waals surface area contributed by atoms with Crippen molar-refractivity contribution in [1.29, 1.82) is 0 Å². The molecule has 1 fully saturated rings. The van der Waals surface area contributed by atoms with Crippen LogP contribution in [0.1, 0.15) is 71.3 Å². The molecule has 188 valence electrons. The highest BCUT2D eigenvalue weighted by atomic mass is 16.5. The smallest absolute Gasteiger partial charge is 0.305 e. The average molecular weight is 470 g/mol. The summed E-state index contributed by atoms with van der Waals surface area (Å²) in [6.45, 7) is 6.59. The lowest BCUT2D eigenvalue weighted by Gasteiger charge is -2.22. The molecule has 0 radical (unpaired) electrons. The van der Waals surface area contributed by atoms with Crippen LogP contribution >= 0.6 is 0 Å². The van der Waals surface area contributed by atoms with Crippen LogP contribution in [0.2, 0.25) is 0 Å². The molecule has 0 aliphatic heterocycles. The van der Waals surface area contributed by atoms with Gasteiger partial charge in [0.15, 0.2) is 0 Å². The summed E-state index contributed by atoms with van der Waals surface area (Å²) in [7, 11) is 0. The van der Waals surface area contributed by atoms with Gasteiger partial charge in [-0.1, -0.05) is 68.5 Å². The van der Waals surface area contributed by atoms with Crippen LogP contribution in [0.4, 0.5) is 0 Å². The summed E-state index contributed by atoms with van der Waals surface area (Å²) >= 11 is 0. The van der Waals surface area contributed by atoms with Crippen molar-refractivity contribution >= 4 is 11.9 Å². The van der Waals surface area contributed by atoms with Crippen molar-refractivity contribution in [3.8, 4) is 0 Å². The second-order valence-electron chi connectivity index (χ2n) is 9.37. The standard InChI is InChI=1S/C29H43NO4/c1-4-29(33)34-27-21-26(31)24(15-11-6-7-12-16-28(32)30-5-2)25(27)20-18-22(3)17-19-23-13-9-8-10-14-23/h6,8-11,13-14,18,20,22,24-27,31H,4-5,7,12,15-17,19,21H2,1-3H3,(H,30,32). The molecular weight excluding hydrogens is 426 g/mol. The number of hydrogen-bond acceptors (Lipinski definition) is 4. The zero-order chi connectivity index (χ0) is 24.8. The molecule has 5 unspecified atom stereocenters. The number of hydrogen-bond donors (Lipinski definition) is 2. The average Bonchev–Trinajstić information content (AvgIpc) is 3.12. The van der Waals surface area contributed by atoms with Gasteiger partial charge in [-0.3, -0.25) is 9.59 Å². The van der Waals surface area contributed by atoms with Crippen molar-refractivity contribution in [3.63, 3.8) is 0 Å². The number of aliphatic hydroxyl groups is 1. The Morgan fingerprint density at radius 3 is 2.68 bits per heavy atom. The molecule has 1 amide bonds. The van der Waals surface area contributed by atoms with Crippen LogP contribution < -0.4 is 5.32 Å². The Labute approximate surface area is 205 Å². The first kappa shape index (κ1) is 27.8. The first-order valence-corrected chi connectivity index (χ1v) is 13.0. The highest BCUT2D eigenvalue weighted by Gasteiger charge is 2.42. The predicted octanol–water partition coefficient (Wildman–Crippen LogP) is 5.38. The Morgan fingerprint density at radius 2 is 1.97 bits per heavy atom. The second-order valence-corrected chi connectivity index (χ2v) is 9.37. The molecule has 0 saturated heterocycles. The van der Waals surface area contributed by atoms with Gasteiger partial charge in [0.25, 0.3) is 0 Å². The molecule has 2 rings (SSSR count). The van der Waals surface area contributed by atoms with Gasteiger partial charge in [0, 0.05) is 31.7 Å². The number of esters is 1. The van der Waals surface area contributed by atoms with Crippen LogP contribution in [0.15, 0.2) is 54.6 Å². The molecule has 0 heterocycles. The first-order valence-electron chi connectivity index (χ1n) is 13.0. The summed E-state index contributed by atoms with van der Waals surface area (Å²) in [5.41, 5.74) is 1.34. The van der Waals surface area contributed by atoms with E-state index in [1.165, 1.54) is 5.56 Å². The van der Waals surface area contributed by atoms with Crippen LogP contribution in [0.3, 0.4) is 0 Å². The Balaban J connectivity index is 1.94. The molecule has 0 bridgehead atoms. The van der Waals surface area contributed by atoms with E-state index < -0.39 is 6.10 Å². The molecular formula is C29H43NO4. The van der Waals surface area contributed by atoms with Crippen LogP contribution in [0, 0.1) is 17.8 Å². The number of carbonyl (C=O) groups excluding carboxylic acids is 2. The fourth-order valence-electron chi connectivity index (χ4n) is 4.55. The van der Waals surface area contributed by atoms with E-state index in [2.05, 4.69) is 60.8 Å². The number of nitrogens with one attached hydrogen (secondary N) is 1. The van der Waals surface area contributed by atoms with Crippen LogP contribution in [0.5, 0.6) is 0 Å². The number of aryl methyl sites for hydroxylation is 1. The summed E-state index contributed by atoms with van der Waals surface area (Å²) in [5.74, 6) is 0.297. The summed E-state index contributed by atoms with van der Waals surface area (Å²) in [5, 5.41) is 13.6. The number of allylic oxidation sites excluding steroid dienone is 3. The maximum absolute atomic E-state index is 12.0. The molecule has 1 aliphatic rings. The zero-order valence-electron chi connectivity index (χ0n) is 21.1. The third kappa shape index (κ3) is 9.84. The summed E-state index contributed by atoms with van der Waals surface area (Å²) in [4.78, 5) is 23.5. The number of carbonyl (C=O) groups is 2. The normalized spacial score (nSPS) is 23.4. The van der Waals surface area contributed by atoms with Gasteiger partial charge in [-0.05, 0) is 56.4 Å². The minimum Gasteiger partial charge on any atom is -0.462 e. The van der Waals surface area contributed by atoms with Gasteiger partial charge >= 0.3 is 5.97 Å². The molecule has 34 heavy (non-hydrogen) atoms. The highest BCUT2D eigenvalue weighted by molar-refractivity contribution is 5.75. The van der Waals surface area contributed by atoms with Crippen molar-refractivity contribution in [3.05, 3.63) is 60.2 Å². The first-order chi connectivity index (χ1) is 16.4. The monoisotopic (exact) mass is 469 g/mol. The van der Waals surface area contributed by atoms with E-state index in [9.17, 15) is 14.7 Å². The molecule has 1 aliphatic carbocycles. The predicted molar refractivity (Wildman–Crippen MR) is 137 cm³/mol. The number of unbranched alkanes of at least 4 members (excludes halogenated alkanes) is 1. The van der Waals surface area contributed by atoms with Gasteiger partial charge in [0.1, 0.15) is 6.10 Å². The van der Waals surface area contributed by atoms with Crippen LogP contribution in [-0.2, 0) is 20.7 Å². The molecule has 5 heteroatoms. The molecule has 1 aromatic carbocycles. The third-order valence-corrected chi connectivity index (χ3v) is 6.58. The maximum Gasteiger partial charge on any atom is 0.305 e. The van der Waals surface area contributed by atoms with Gasteiger partial charge in [-0.25, -0.2) is 0 Å². The molecule has 1 aromatic rings. The van der Waals surface area contributed by atoms with Crippen molar-refractivity contribution < 1.29 is 19.4 Å². The molecule has 5 nitrogen and oxygen atoms in total. The lowest BCUT2D eigenvalue weighted by atomic mass is 9.88. The van der Waals surface area contributed by atoms with Crippen molar-refractivity contribution in [2.45, 2.75) is 84.3 Å². The van der Waals surface area contributed by atoms with E-state index in [-0.39, 0.29) is 29.8 Å². The molecule has 1 saturated carbocycles. The fraction of sp³-hybridized carbons (Fsp3) is 0.586. The van der Waals surface area contributed by atoms with Crippen LogP contribution in [-0.4, -0.2) is 35.7 Å². The Hall–Kier alpha value is -2.40. The molecule has 0 spiro atoms. The Kier molecular flexibility index (Phi) is 12.7. The lowest BCUT2D eigenvalue weighted by Crippen LogP contribution is -2.24. The lowest BCUT2D eigenvalue weighted by molar-refractivity contribution is -0.150. The number of ether oxygens (including phenoxy) is 1. The summed E-state index contributed by atoms with van der Waals surface area (Å²) in [6.07, 6.45) is 13.6. The number of amides is 1.